The monoisotopic (exact) mass is 254 g/mol. The highest BCUT2D eigenvalue weighted by Crippen LogP contribution is 2.33. The molecule has 2 saturated carbocycles. The average molecular weight is 254 g/mol. The van der Waals surface area contributed by atoms with E-state index in [9.17, 15) is 0 Å². The average Bonchev–Trinajstić information content (AvgIpc) is 2.78. The summed E-state index contributed by atoms with van der Waals surface area (Å²) in [5.74, 6) is 2.77. The summed E-state index contributed by atoms with van der Waals surface area (Å²) in [5, 5.41) is 0.738. The Kier molecular flexibility index (Phi) is 5.20. The van der Waals surface area contributed by atoms with E-state index in [1.165, 1.54) is 57.1 Å². The molecule has 0 spiro atoms. The summed E-state index contributed by atoms with van der Waals surface area (Å²) in [6, 6.07) is 0.516. The van der Waals surface area contributed by atoms with Gasteiger partial charge in [0, 0.05) is 11.2 Å². The van der Waals surface area contributed by atoms with E-state index in [0.29, 0.717) is 12.0 Å². The SMILES string of the molecule is CCSC1CCCC1N=C(N)C1CCCCC1. The molecule has 2 N–H and O–H groups in total. The highest BCUT2D eigenvalue weighted by Gasteiger charge is 2.28. The third kappa shape index (κ3) is 3.64. The Hall–Kier alpha value is -0.180. The second-order valence-corrected chi connectivity index (χ2v) is 6.90. The molecular formula is C14H26N2S. The quantitative estimate of drug-likeness (QED) is 0.615. The molecule has 98 valence electrons. The molecule has 2 atom stereocenters. The van der Waals surface area contributed by atoms with E-state index in [4.69, 9.17) is 10.7 Å². The Morgan fingerprint density at radius 1 is 1.12 bits per heavy atom. The first-order valence-corrected chi connectivity index (χ1v) is 8.31. The minimum Gasteiger partial charge on any atom is -0.387 e. The van der Waals surface area contributed by atoms with E-state index in [0.717, 1.165) is 11.1 Å². The fourth-order valence-corrected chi connectivity index (χ4v) is 4.34. The third-order valence-corrected chi connectivity index (χ3v) is 5.45. The Morgan fingerprint density at radius 3 is 2.59 bits per heavy atom. The molecule has 2 fully saturated rings. The first-order valence-electron chi connectivity index (χ1n) is 7.26. The third-order valence-electron chi connectivity index (χ3n) is 4.14. The molecule has 2 aliphatic rings. The summed E-state index contributed by atoms with van der Waals surface area (Å²) in [5.41, 5.74) is 6.23. The van der Waals surface area contributed by atoms with Crippen molar-refractivity contribution in [2.45, 2.75) is 69.6 Å². The topological polar surface area (TPSA) is 38.4 Å². The van der Waals surface area contributed by atoms with Crippen LogP contribution in [0.1, 0.15) is 58.3 Å². The molecule has 0 aromatic carbocycles. The standard InChI is InChI=1S/C14H26N2S/c1-2-17-13-10-6-9-12(13)16-14(15)11-7-4-3-5-8-11/h11-13H,2-10H2,1H3,(H2,15,16). The fraction of sp³-hybridized carbons (Fsp3) is 0.929. The Labute approximate surface area is 110 Å². The van der Waals surface area contributed by atoms with Gasteiger partial charge in [-0.15, -0.1) is 0 Å². The van der Waals surface area contributed by atoms with Crippen LogP contribution >= 0.6 is 11.8 Å². The highest BCUT2D eigenvalue weighted by molar-refractivity contribution is 7.99. The van der Waals surface area contributed by atoms with Gasteiger partial charge in [0.25, 0.3) is 0 Å². The molecule has 0 amide bonds. The Bertz CT molecular complexity index is 259. The van der Waals surface area contributed by atoms with Crippen molar-refractivity contribution in [1.29, 1.82) is 0 Å². The highest BCUT2D eigenvalue weighted by atomic mass is 32.2. The summed E-state index contributed by atoms with van der Waals surface area (Å²) >= 11 is 2.07. The fourth-order valence-electron chi connectivity index (χ4n) is 3.16. The number of aliphatic imine (C=N–C) groups is 1. The van der Waals surface area contributed by atoms with Crippen molar-refractivity contribution in [2.75, 3.05) is 5.75 Å². The number of hydrogen-bond acceptors (Lipinski definition) is 2. The second-order valence-electron chi connectivity index (χ2n) is 5.38. The summed E-state index contributed by atoms with van der Waals surface area (Å²) in [7, 11) is 0. The van der Waals surface area contributed by atoms with E-state index in [2.05, 4.69) is 18.7 Å². The minimum absolute atomic E-state index is 0.516. The van der Waals surface area contributed by atoms with Crippen molar-refractivity contribution < 1.29 is 0 Å². The lowest BCUT2D eigenvalue weighted by Gasteiger charge is -2.23. The smallest absolute Gasteiger partial charge is 0.0972 e. The first-order chi connectivity index (χ1) is 8.31. The molecule has 2 nitrogen and oxygen atoms in total. The maximum Gasteiger partial charge on any atom is 0.0972 e. The second kappa shape index (κ2) is 6.67. The van der Waals surface area contributed by atoms with Crippen LogP contribution in [0.2, 0.25) is 0 Å². The minimum atomic E-state index is 0.516. The van der Waals surface area contributed by atoms with Crippen LogP contribution in [0.15, 0.2) is 4.99 Å². The molecule has 2 unspecified atom stereocenters. The molecule has 0 aliphatic heterocycles. The van der Waals surface area contributed by atoms with Crippen LogP contribution in [0.5, 0.6) is 0 Å². The van der Waals surface area contributed by atoms with Gasteiger partial charge in [-0.25, -0.2) is 0 Å². The lowest BCUT2D eigenvalue weighted by atomic mass is 9.88. The van der Waals surface area contributed by atoms with Crippen molar-refractivity contribution >= 4 is 17.6 Å². The molecule has 2 aliphatic carbocycles. The molecule has 0 heterocycles. The molecule has 3 heteroatoms. The zero-order valence-electron chi connectivity index (χ0n) is 11.0. The van der Waals surface area contributed by atoms with Crippen LogP contribution in [0.3, 0.4) is 0 Å². The van der Waals surface area contributed by atoms with E-state index in [-0.39, 0.29) is 0 Å². The molecule has 0 radical (unpaired) electrons. The zero-order chi connectivity index (χ0) is 12.1. The Balaban J connectivity index is 1.92. The van der Waals surface area contributed by atoms with Gasteiger partial charge >= 0.3 is 0 Å². The van der Waals surface area contributed by atoms with Crippen molar-refractivity contribution in [3.63, 3.8) is 0 Å². The Morgan fingerprint density at radius 2 is 1.88 bits per heavy atom. The number of rotatable bonds is 4. The van der Waals surface area contributed by atoms with Crippen molar-refractivity contribution in [3.8, 4) is 0 Å². The summed E-state index contributed by atoms with van der Waals surface area (Å²) in [6.07, 6.45) is 10.6. The molecule has 0 aromatic rings. The number of hydrogen-bond donors (Lipinski definition) is 1. The van der Waals surface area contributed by atoms with Gasteiger partial charge < -0.3 is 5.73 Å². The van der Waals surface area contributed by atoms with Crippen LogP contribution in [-0.2, 0) is 0 Å². The van der Waals surface area contributed by atoms with Crippen LogP contribution in [0.25, 0.3) is 0 Å². The molecule has 0 bridgehead atoms. The van der Waals surface area contributed by atoms with Gasteiger partial charge in [0.2, 0.25) is 0 Å². The van der Waals surface area contributed by atoms with Gasteiger partial charge in [0.15, 0.2) is 0 Å². The van der Waals surface area contributed by atoms with Gasteiger partial charge in [-0.05, 0) is 31.4 Å². The predicted molar refractivity (Wildman–Crippen MR) is 77.8 cm³/mol. The van der Waals surface area contributed by atoms with Gasteiger partial charge in [-0.3, -0.25) is 4.99 Å². The maximum absolute atomic E-state index is 6.23. The predicted octanol–water partition coefficient (Wildman–Crippen LogP) is 3.60. The number of nitrogens with zero attached hydrogens (tertiary/aromatic N) is 1. The van der Waals surface area contributed by atoms with Crippen molar-refractivity contribution in [3.05, 3.63) is 0 Å². The van der Waals surface area contributed by atoms with Gasteiger partial charge in [-0.1, -0.05) is 32.6 Å². The van der Waals surface area contributed by atoms with Gasteiger partial charge in [0.1, 0.15) is 0 Å². The largest absolute Gasteiger partial charge is 0.387 e. The summed E-state index contributed by atoms with van der Waals surface area (Å²) in [4.78, 5) is 4.87. The maximum atomic E-state index is 6.23. The molecule has 0 aromatic heterocycles. The van der Waals surface area contributed by atoms with Gasteiger partial charge in [0.05, 0.1) is 11.9 Å². The van der Waals surface area contributed by atoms with Crippen molar-refractivity contribution in [2.24, 2.45) is 16.6 Å². The number of amidine groups is 1. The molecule has 17 heavy (non-hydrogen) atoms. The van der Waals surface area contributed by atoms with E-state index >= 15 is 0 Å². The lowest BCUT2D eigenvalue weighted by molar-refractivity contribution is 0.435. The molecule has 2 rings (SSSR count). The number of nitrogens with two attached hydrogens (primary N) is 1. The molecular weight excluding hydrogens is 228 g/mol. The van der Waals surface area contributed by atoms with E-state index in [1.807, 2.05) is 0 Å². The number of thioether (sulfide) groups is 1. The van der Waals surface area contributed by atoms with E-state index < -0.39 is 0 Å². The zero-order valence-corrected chi connectivity index (χ0v) is 11.8. The van der Waals surface area contributed by atoms with Crippen molar-refractivity contribution in [1.82, 2.24) is 0 Å². The van der Waals surface area contributed by atoms with Crippen LogP contribution in [0.4, 0.5) is 0 Å². The first kappa shape index (κ1) is 13.3. The van der Waals surface area contributed by atoms with Crippen LogP contribution < -0.4 is 5.73 Å². The summed E-state index contributed by atoms with van der Waals surface area (Å²) in [6.45, 7) is 2.24. The normalized spacial score (nSPS) is 31.9. The van der Waals surface area contributed by atoms with Gasteiger partial charge in [-0.2, -0.15) is 11.8 Å². The van der Waals surface area contributed by atoms with E-state index in [1.54, 1.807) is 0 Å². The van der Waals surface area contributed by atoms with Crippen LogP contribution in [-0.4, -0.2) is 22.9 Å². The lowest BCUT2D eigenvalue weighted by Crippen LogP contribution is -2.29. The summed E-state index contributed by atoms with van der Waals surface area (Å²) < 4.78 is 0. The molecule has 0 saturated heterocycles. The van der Waals surface area contributed by atoms with Crippen LogP contribution in [0, 0.1) is 5.92 Å².